The highest BCUT2D eigenvalue weighted by atomic mass is 32.2. The van der Waals surface area contributed by atoms with Crippen LogP contribution in [0.15, 0.2) is 34.2 Å². The van der Waals surface area contributed by atoms with E-state index in [2.05, 4.69) is 4.99 Å². The van der Waals surface area contributed by atoms with Gasteiger partial charge in [-0.2, -0.15) is 13.8 Å². The van der Waals surface area contributed by atoms with E-state index in [0.29, 0.717) is 16.7 Å². The lowest BCUT2D eigenvalue weighted by molar-refractivity contribution is 0.252. The number of hydrogen-bond acceptors (Lipinski definition) is 3. The van der Waals surface area contributed by atoms with Crippen molar-refractivity contribution in [2.45, 2.75) is 41.9 Å². The number of benzene rings is 1. The van der Waals surface area contributed by atoms with Crippen LogP contribution in [-0.2, 0) is 10.3 Å². The molecule has 1 saturated carbocycles. The molecule has 0 unspecified atom stereocenters. The SMILES string of the molecule is O=C=NC1(c2cccc(SC(F)F)c2)CCCC1. The number of isocyanates is 1. The quantitative estimate of drug-likeness (QED) is 0.468. The summed E-state index contributed by atoms with van der Waals surface area (Å²) in [7, 11) is 0. The van der Waals surface area contributed by atoms with E-state index in [1.165, 1.54) is 0 Å². The standard InChI is InChI=1S/C13H13F2NOS/c14-12(15)18-11-5-3-4-10(8-11)13(16-9-17)6-1-2-7-13/h3-5,8,12H,1-2,6-7H2. The molecule has 0 heterocycles. The molecule has 1 fully saturated rings. The first-order valence-electron chi connectivity index (χ1n) is 5.81. The van der Waals surface area contributed by atoms with Crippen LogP contribution in [0.25, 0.3) is 0 Å². The molecule has 0 atom stereocenters. The molecule has 0 saturated heterocycles. The van der Waals surface area contributed by atoms with Crippen LogP contribution in [0.1, 0.15) is 31.2 Å². The van der Waals surface area contributed by atoms with E-state index in [1.807, 2.05) is 6.07 Å². The van der Waals surface area contributed by atoms with Gasteiger partial charge in [-0.1, -0.05) is 36.7 Å². The Hall–Kier alpha value is -1.19. The fraction of sp³-hybridized carbons (Fsp3) is 0.462. The molecule has 18 heavy (non-hydrogen) atoms. The van der Waals surface area contributed by atoms with Crippen molar-refractivity contribution in [3.8, 4) is 0 Å². The van der Waals surface area contributed by atoms with Crippen molar-refractivity contribution >= 4 is 17.8 Å². The summed E-state index contributed by atoms with van der Waals surface area (Å²) in [6.45, 7) is 0. The Bertz CT molecular complexity index is 466. The number of aliphatic imine (C=N–C) groups is 1. The summed E-state index contributed by atoms with van der Waals surface area (Å²) in [6.07, 6.45) is 5.19. The number of hydrogen-bond donors (Lipinski definition) is 0. The second-order valence-corrected chi connectivity index (χ2v) is 5.41. The van der Waals surface area contributed by atoms with Gasteiger partial charge in [-0.05, 0) is 30.5 Å². The molecule has 0 spiro atoms. The number of alkyl halides is 2. The third-order valence-corrected chi connectivity index (χ3v) is 3.99. The molecule has 96 valence electrons. The van der Waals surface area contributed by atoms with Crippen molar-refractivity contribution in [2.75, 3.05) is 0 Å². The second-order valence-electron chi connectivity index (χ2n) is 4.35. The molecule has 0 amide bonds. The topological polar surface area (TPSA) is 29.4 Å². The Morgan fingerprint density at radius 2 is 2.06 bits per heavy atom. The number of halogens is 2. The molecule has 2 nitrogen and oxygen atoms in total. The average molecular weight is 269 g/mol. The number of rotatable bonds is 4. The summed E-state index contributed by atoms with van der Waals surface area (Å²) in [5.41, 5.74) is 0.300. The Labute approximate surface area is 108 Å². The average Bonchev–Trinajstić information content (AvgIpc) is 2.79. The van der Waals surface area contributed by atoms with Crippen LogP contribution in [0, 0.1) is 0 Å². The lowest BCUT2D eigenvalue weighted by atomic mass is 9.89. The van der Waals surface area contributed by atoms with Crippen LogP contribution in [0.5, 0.6) is 0 Å². The van der Waals surface area contributed by atoms with Gasteiger partial charge >= 0.3 is 0 Å². The fourth-order valence-corrected chi connectivity index (χ4v) is 3.03. The maximum atomic E-state index is 12.4. The lowest BCUT2D eigenvalue weighted by Crippen LogP contribution is -2.18. The fourth-order valence-electron chi connectivity index (χ4n) is 2.47. The molecule has 0 aromatic heterocycles. The Kier molecular flexibility index (Phi) is 4.15. The van der Waals surface area contributed by atoms with E-state index >= 15 is 0 Å². The van der Waals surface area contributed by atoms with Gasteiger partial charge in [-0.25, -0.2) is 4.79 Å². The van der Waals surface area contributed by atoms with Crippen molar-refractivity contribution in [3.05, 3.63) is 29.8 Å². The van der Waals surface area contributed by atoms with Gasteiger partial charge in [0.2, 0.25) is 6.08 Å². The lowest BCUT2D eigenvalue weighted by Gasteiger charge is -2.23. The molecular formula is C13H13F2NOS. The molecule has 1 aliphatic rings. The summed E-state index contributed by atoms with van der Waals surface area (Å²) in [6, 6.07) is 6.94. The van der Waals surface area contributed by atoms with Gasteiger partial charge in [0, 0.05) is 4.90 Å². The van der Waals surface area contributed by atoms with Crippen LogP contribution in [-0.4, -0.2) is 11.8 Å². The van der Waals surface area contributed by atoms with Crippen LogP contribution in [0.4, 0.5) is 8.78 Å². The normalized spacial score (nSPS) is 17.7. The molecule has 1 aromatic carbocycles. The summed E-state index contributed by atoms with van der Waals surface area (Å²) in [5, 5.41) is 0. The van der Waals surface area contributed by atoms with E-state index in [9.17, 15) is 13.6 Å². The highest BCUT2D eigenvalue weighted by Crippen LogP contribution is 2.43. The summed E-state index contributed by atoms with van der Waals surface area (Å²) >= 11 is 0.515. The Morgan fingerprint density at radius 3 is 2.67 bits per heavy atom. The molecule has 1 aliphatic carbocycles. The number of nitrogens with zero attached hydrogens (tertiary/aromatic N) is 1. The minimum atomic E-state index is -2.44. The van der Waals surface area contributed by atoms with Crippen molar-refractivity contribution in [1.29, 1.82) is 0 Å². The van der Waals surface area contributed by atoms with Crippen LogP contribution in [0.3, 0.4) is 0 Å². The van der Waals surface area contributed by atoms with Crippen LogP contribution in [0.2, 0.25) is 0 Å². The van der Waals surface area contributed by atoms with Gasteiger partial charge < -0.3 is 0 Å². The van der Waals surface area contributed by atoms with Crippen molar-refractivity contribution in [1.82, 2.24) is 0 Å². The molecule has 0 radical (unpaired) electrons. The number of carbonyl (C=O) groups excluding carboxylic acids is 1. The minimum absolute atomic E-state index is 0.509. The van der Waals surface area contributed by atoms with Gasteiger partial charge in [0.15, 0.2) is 0 Å². The molecule has 0 bridgehead atoms. The number of thioether (sulfide) groups is 1. The first kappa shape index (κ1) is 13.2. The van der Waals surface area contributed by atoms with E-state index in [0.717, 1.165) is 31.2 Å². The second kappa shape index (κ2) is 5.63. The zero-order chi connectivity index (χ0) is 13.0. The molecule has 0 aliphatic heterocycles. The van der Waals surface area contributed by atoms with Crippen molar-refractivity contribution in [3.63, 3.8) is 0 Å². The first-order valence-corrected chi connectivity index (χ1v) is 6.69. The molecule has 1 aromatic rings. The van der Waals surface area contributed by atoms with Crippen molar-refractivity contribution in [2.24, 2.45) is 4.99 Å². The molecule has 5 heteroatoms. The Morgan fingerprint density at radius 1 is 1.33 bits per heavy atom. The van der Waals surface area contributed by atoms with E-state index < -0.39 is 11.3 Å². The zero-order valence-corrected chi connectivity index (χ0v) is 10.6. The summed E-state index contributed by atoms with van der Waals surface area (Å²) in [5.74, 6) is -2.44. The largest absolute Gasteiger partial charge is 0.288 e. The molecular weight excluding hydrogens is 256 g/mol. The Balaban J connectivity index is 2.33. The monoisotopic (exact) mass is 269 g/mol. The van der Waals surface area contributed by atoms with Gasteiger partial charge in [-0.15, -0.1) is 0 Å². The van der Waals surface area contributed by atoms with Crippen LogP contribution < -0.4 is 0 Å². The van der Waals surface area contributed by atoms with Gasteiger partial charge in [-0.3, -0.25) is 0 Å². The highest BCUT2D eigenvalue weighted by molar-refractivity contribution is 7.99. The van der Waals surface area contributed by atoms with E-state index in [4.69, 9.17) is 0 Å². The summed E-state index contributed by atoms with van der Waals surface area (Å²) in [4.78, 5) is 15.0. The smallest absolute Gasteiger partial charge is 0.211 e. The highest BCUT2D eigenvalue weighted by Gasteiger charge is 2.35. The van der Waals surface area contributed by atoms with Gasteiger partial charge in [0.05, 0.1) is 5.54 Å². The van der Waals surface area contributed by atoms with E-state index in [-0.39, 0.29) is 0 Å². The maximum absolute atomic E-state index is 12.4. The molecule has 2 rings (SSSR count). The van der Waals surface area contributed by atoms with Crippen LogP contribution >= 0.6 is 11.8 Å². The minimum Gasteiger partial charge on any atom is -0.211 e. The molecule has 0 N–H and O–H groups in total. The zero-order valence-electron chi connectivity index (χ0n) is 9.73. The van der Waals surface area contributed by atoms with Gasteiger partial charge in [0.25, 0.3) is 5.76 Å². The maximum Gasteiger partial charge on any atom is 0.288 e. The predicted octanol–water partition coefficient (Wildman–Crippen LogP) is 4.11. The predicted molar refractivity (Wildman–Crippen MR) is 66.6 cm³/mol. The third kappa shape index (κ3) is 2.79. The summed E-state index contributed by atoms with van der Waals surface area (Å²) < 4.78 is 24.7. The van der Waals surface area contributed by atoms with E-state index in [1.54, 1.807) is 24.3 Å². The van der Waals surface area contributed by atoms with Crippen molar-refractivity contribution < 1.29 is 13.6 Å². The third-order valence-electron chi connectivity index (χ3n) is 3.29. The first-order chi connectivity index (χ1) is 8.66. The van der Waals surface area contributed by atoms with Gasteiger partial charge in [0.1, 0.15) is 0 Å².